The molecule has 1 aromatic carbocycles. The number of hydrogen-bond acceptors (Lipinski definition) is 6. The summed E-state index contributed by atoms with van der Waals surface area (Å²) in [5, 5.41) is 5.43. The Labute approximate surface area is 157 Å². The number of esters is 1. The van der Waals surface area contributed by atoms with E-state index in [1.807, 2.05) is 6.26 Å². The summed E-state index contributed by atoms with van der Waals surface area (Å²) in [4.78, 5) is 36.5. The first kappa shape index (κ1) is 20.1. The zero-order valence-electron chi connectivity index (χ0n) is 14.9. The van der Waals surface area contributed by atoms with Crippen LogP contribution in [0.25, 0.3) is 0 Å². The smallest absolute Gasteiger partial charge is 0.329 e. The number of carbonyl (C=O) groups excluding carboxylic acids is 3. The first-order valence-corrected chi connectivity index (χ1v) is 9.83. The summed E-state index contributed by atoms with van der Waals surface area (Å²) in [5.41, 5.74) is 0.337. The number of nitrogens with one attached hydrogen (secondary N) is 2. The molecule has 0 saturated heterocycles. The molecule has 0 bridgehead atoms. The van der Waals surface area contributed by atoms with Gasteiger partial charge in [0.25, 0.3) is 11.8 Å². The molecule has 0 heterocycles. The van der Waals surface area contributed by atoms with E-state index in [1.165, 1.54) is 7.11 Å². The van der Waals surface area contributed by atoms with Crippen molar-refractivity contribution in [3.8, 4) is 5.75 Å². The van der Waals surface area contributed by atoms with Gasteiger partial charge in [0, 0.05) is 6.04 Å². The van der Waals surface area contributed by atoms with Crippen molar-refractivity contribution in [2.75, 3.05) is 25.7 Å². The van der Waals surface area contributed by atoms with E-state index in [2.05, 4.69) is 10.6 Å². The Hall–Kier alpha value is -2.22. The van der Waals surface area contributed by atoms with Gasteiger partial charge in [0.2, 0.25) is 0 Å². The van der Waals surface area contributed by atoms with Crippen molar-refractivity contribution in [3.63, 3.8) is 0 Å². The van der Waals surface area contributed by atoms with E-state index in [1.54, 1.807) is 36.0 Å². The Balaban J connectivity index is 1.94. The minimum Gasteiger partial charge on any atom is -0.496 e. The molecule has 0 radical (unpaired) electrons. The third-order valence-electron chi connectivity index (χ3n) is 3.84. The number of carbonyl (C=O) groups is 3. The fourth-order valence-corrected chi connectivity index (χ4v) is 2.76. The lowest BCUT2D eigenvalue weighted by atomic mass is 10.1. The van der Waals surface area contributed by atoms with Crippen LogP contribution in [0.4, 0.5) is 0 Å². The van der Waals surface area contributed by atoms with E-state index in [0.717, 1.165) is 12.8 Å². The van der Waals surface area contributed by atoms with E-state index < -0.39 is 17.9 Å². The fraction of sp³-hybridized carbons (Fsp3) is 0.500. The predicted octanol–water partition coefficient (Wildman–Crippen LogP) is 1.37. The Morgan fingerprint density at radius 3 is 2.65 bits per heavy atom. The number of amides is 2. The van der Waals surface area contributed by atoms with Crippen molar-refractivity contribution in [2.45, 2.75) is 31.3 Å². The molecular weight excluding hydrogens is 356 g/mol. The van der Waals surface area contributed by atoms with E-state index in [9.17, 15) is 14.4 Å². The molecule has 1 aliphatic rings. The van der Waals surface area contributed by atoms with E-state index in [4.69, 9.17) is 9.47 Å². The maximum absolute atomic E-state index is 12.5. The topological polar surface area (TPSA) is 93.7 Å². The van der Waals surface area contributed by atoms with Crippen LogP contribution in [0.1, 0.15) is 29.6 Å². The predicted molar refractivity (Wildman–Crippen MR) is 99.4 cm³/mol. The minimum atomic E-state index is -0.825. The van der Waals surface area contributed by atoms with Crippen LogP contribution in [-0.2, 0) is 14.3 Å². The Morgan fingerprint density at radius 2 is 2.00 bits per heavy atom. The highest BCUT2D eigenvalue weighted by atomic mass is 32.2. The first-order chi connectivity index (χ1) is 12.5. The molecule has 0 unspecified atom stereocenters. The van der Waals surface area contributed by atoms with Crippen molar-refractivity contribution in [3.05, 3.63) is 29.8 Å². The highest BCUT2D eigenvalue weighted by molar-refractivity contribution is 7.98. The molecular formula is C18H24N2O5S. The second-order valence-electron chi connectivity index (χ2n) is 5.96. The molecule has 2 N–H and O–H groups in total. The molecule has 7 nitrogen and oxygen atoms in total. The maximum atomic E-state index is 12.5. The largest absolute Gasteiger partial charge is 0.496 e. The number of para-hydroxylation sites is 1. The van der Waals surface area contributed by atoms with Crippen molar-refractivity contribution in [1.82, 2.24) is 10.6 Å². The summed E-state index contributed by atoms with van der Waals surface area (Å²) < 4.78 is 10.3. The summed E-state index contributed by atoms with van der Waals surface area (Å²) in [7, 11) is 1.48. The molecule has 142 valence electrons. The van der Waals surface area contributed by atoms with Gasteiger partial charge >= 0.3 is 5.97 Å². The molecule has 1 aromatic rings. The number of ether oxygens (including phenoxy) is 2. The van der Waals surface area contributed by atoms with Crippen LogP contribution in [0.2, 0.25) is 0 Å². The van der Waals surface area contributed by atoms with Gasteiger partial charge in [-0.05, 0) is 43.4 Å². The van der Waals surface area contributed by atoms with Crippen LogP contribution >= 0.6 is 11.8 Å². The highest BCUT2D eigenvalue weighted by Gasteiger charge is 2.26. The van der Waals surface area contributed by atoms with Crippen LogP contribution in [0.3, 0.4) is 0 Å². The summed E-state index contributed by atoms with van der Waals surface area (Å²) in [6.07, 6.45) is 4.24. The third kappa shape index (κ3) is 6.25. The first-order valence-electron chi connectivity index (χ1n) is 8.44. The quantitative estimate of drug-likeness (QED) is 0.596. The average Bonchev–Trinajstić information content (AvgIpc) is 3.46. The summed E-state index contributed by atoms with van der Waals surface area (Å²) in [5.74, 6) is -0.271. The van der Waals surface area contributed by atoms with Crippen LogP contribution < -0.4 is 15.4 Å². The Morgan fingerprint density at radius 1 is 1.27 bits per heavy atom. The number of rotatable bonds is 10. The maximum Gasteiger partial charge on any atom is 0.329 e. The zero-order chi connectivity index (χ0) is 18.9. The molecule has 1 atom stereocenters. The lowest BCUT2D eigenvalue weighted by Gasteiger charge is -2.18. The van der Waals surface area contributed by atoms with Crippen LogP contribution in [0.15, 0.2) is 24.3 Å². The van der Waals surface area contributed by atoms with E-state index in [-0.39, 0.29) is 18.6 Å². The van der Waals surface area contributed by atoms with Gasteiger partial charge in [0.1, 0.15) is 11.8 Å². The van der Waals surface area contributed by atoms with Crippen LogP contribution in [-0.4, -0.2) is 55.6 Å². The monoisotopic (exact) mass is 380 g/mol. The molecule has 1 saturated carbocycles. The number of thioether (sulfide) groups is 1. The summed E-state index contributed by atoms with van der Waals surface area (Å²) >= 11 is 1.56. The highest BCUT2D eigenvalue weighted by Crippen LogP contribution is 2.19. The number of benzene rings is 1. The molecule has 2 rings (SSSR count). The van der Waals surface area contributed by atoms with Gasteiger partial charge in [-0.15, -0.1) is 0 Å². The molecule has 0 aliphatic heterocycles. The molecule has 26 heavy (non-hydrogen) atoms. The second kappa shape index (κ2) is 10.1. The Bertz CT molecular complexity index is 648. The van der Waals surface area contributed by atoms with Crippen molar-refractivity contribution in [2.24, 2.45) is 0 Å². The van der Waals surface area contributed by atoms with Gasteiger partial charge in [-0.25, -0.2) is 4.79 Å². The second-order valence-corrected chi connectivity index (χ2v) is 6.94. The van der Waals surface area contributed by atoms with Gasteiger partial charge in [0.15, 0.2) is 6.61 Å². The fourth-order valence-electron chi connectivity index (χ4n) is 2.29. The van der Waals surface area contributed by atoms with Crippen molar-refractivity contribution >= 4 is 29.5 Å². The van der Waals surface area contributed by atoms with Crippen LogP contribution in [0.5, 0.6) is 5.75 Å². The third-order valence-corrected chi connectivity index (χ3v) is 4.48. The molecule has 0 aromatic heterocycles. The van der Waals surface area contributed by atoms with Gasteiger partial charge in [-0.1, -0.05) is 12.1 Å². The van der Waals surface area contributed by atoms with Gasteiger partial charge in [-0.3, -0.25) is 9.59 Å². The molecule has 8 heteroatoms. The average molecular weight is 380 g/mol. The Kier molecular flexibility index (Phi) is 7.77. The molecule has 1 aliphatic carbocycles. The molecule has 2 amide bonds. The van der Waals surface area contributed by atoms with Crippen molar-refractivity contribution in [1.29, 1.82) is 0 Å². The standard InChI is InChI=1S/C18H24N2O5S/c1-24-15-6-4-3-5-13(15)17(22)20-14(9-10-26-2)18(23)25-11-16(21)19-12-7-8-12/h3-6,12,14H,7-11H2,1-2H3,(H,19,21)(H,20,22)/t14-/m0/s1. The summed E-state index contributed by atoms with van der Waals surface area (Å²) in [6.45, 7) is -0.338. The van der Waals surface area contributed by atoms with E-state index >= 15 is 0 Å². The lowest BCUT2D eigenvalue weighted by molar-refractivity contribution is -0.150. The van der Waals surface area contributed by atoms with Gasteiger partial charge in [-0.2, -0.15) is 11.8 Å². The van der Waals surface area contributed by atoms with E-state index in [0.29, 0.717) is 23.5 Å². The molecule has 0 spiro atoms. The SMILES string of the molecule is COc1ccccc1C(=O)N[C@@H](CCSC)C(=O)OCC(=O)NC1CC1. The lowest BCUT2D eigenvalue weighted by Crippen LogP contribution is -2.43. The van der Waals surface area contributed by atoms with Gasteiger partial charge in [0.05, 0.1) is 12.7 Å². The minimum absolute atomic E-state index is 0.207. The number of methoxy groups -OCH3 is 1. The normalized spacial score (nSPS) is 14.2. The summed E-state index contributed by atoms with van der Waals surface area (Å²) in [6, 6.07) is 6.15. The van der Waals surface area contributed by atoms with Crippen molar-refractivity contribution < 1.29 is 23.9 Å². The van der Waals surface area contributed by atoms with Crippen LogP contribution in [0, 0.1) is 0 Å². The molecule has 1 fully saturated rings. The zero-order valence-corrected chi connectivity index (χ0v) is 15.8. The van der Waals surface area contributed by atoms with Gasteiger partial charge < -0.3 is 20.1 Å². The number of hydrogen-bond donors (Lipinski definition) is 2.